The number of nitrogens with zero attached hydrogens (tertiary/aromatic N) is 3. The van der Waals surface area contributed by atoms with Gasteiger partial charge in [-0.05, 0) is 36.8 Å². The van der Waals surface area contributed by atoms with Crippen molar-refractivity contribution >= 4 is 27.8 Å². The fraction of sp³-hybridized carbons (Fsp3) is 0.455. The Morgan fingerprint density at radius 3 is 2.03 bits per heavy atom. The monoisotopic (exact) mass is 476 g/mol. The third-order valence-electron chi connectivity index (χ3n) is 3.38. The van der Waals surface area contributed by atoms with E-state index in [2.05, 4.69) is 37.0 Å². The SMILES string of the molecule is C=C(C)C1=NC(C(F)(F)F)CN1c1ccc(S(N)(=O)=O)cc1.C=CC=NC.CC.CCC. The van der Waals surface area contributed by atoms with Crippen LogP contribution in [0, 0.1) is 0 Å². The van der Waals surface area contributed by atoms with Gasteiger partial charge in [0.1, 0.15) is 5.84 Å². The van der Waals surface area contributed by atoms with Crippen LogP contribution in [0.2, 0.25) is 0 Å². The number of hydrogen-bond donors (Lipinski definition) is 1. The van der Waals surface area contributed by atoms with Crippen molar-refractivity contribution in [3.05, 3.63) is 49.1 Å². The molecule has 10 heteroatoms. The quantitative estimate of drug-likeness (QED) is 0.592. The molecule has 1 aromatic rings. The molecule has 0 amide bonds. The van der Waals surface area contributed by atoms with Crippen molar-refractivity contribution in [1.82, 2.24) is 0 Å². The maximum atomic E-state index is 12.8. The lowest BCUT2D eigenvalue weighted by molar-refractivity contribution is -0.142. The highest BCUT2D eigenvalue weighted by Gasteiger charge is 2.45. The maximum absolute atomic E-state index is 12.8. The molecule has 1 unspecified atom stereocenters. The first kappa shape index (κ1) is 31.7. The molecule has 1 aliphatic heterocycles. The van der Waals surface area contributed by atoms with Gasteiger partial charge in [-0.25, -0.2) is 13.6 Å². The van der Waals surface area contributed by atoms with Crippen LogP contribution in [0.3, 0.4) is 0 Å². The third-order valence-corrected chi connectivity index (χ3v) is 4.31. The van der Waals surface area contributed by atoms with E-state index in [1.807, 2.05) is 13.8 Å². The predicted molar refractivity (Wildman–Crippen MR) is 129 cm³/mol. The summed E-state index contributed by atoms with van der Waals surface area (Å²) in [5, 5.41) is 4.99. The molecule has 0 aliphatic carbocycles. The molecule has 1 aliphatic rings. The van der Waals surface area contributed by atoms with Crippen molar-refractivity contribution < 1.29 is 21.6 Å². The lowest BCUT2D eigenvalue weighted by Gasteiger charge is -2.22. The summed E-state index contributed by atoms with van der Waals surface area (Å²) in [5.74, 6) is 0.130. The van der Waals surface area contributed by atoms with Gasteiger partial charge in [-0.2, -0.15) is 13.2 Å². The minimum absolute atomic E-state index is 0.114. The highest BCUT2D eigenvalue weighted by molar-refractivity contribution is 7.89. The Bertz CT molecular complexity index is 862. The molecule has 0 aromatic heterocycles. The molecule has 1 heterocycles. The van der Waals surface area contributed by atoms with Crippen molar-refractivity contribution in [3.63, 3.8) is 0 Å². The molecule has 1 atom stereocenters. The van der Waals surface area contributed by atoms with Gasteiger partial charge in [-0.1, -0.05) is 53.3 Å². The van der Waals surface area contributed by atoms with Crippen LogP contribution in [-0.4, -0.2) is 46.3 Å². The minimum atomic E-state index is -4.45. The van der Waals surface area contributed by atoms with Gasteiger partial charge in [0.05, 0.1) is 11.4 Å². The Labute approximate surface area is 190 Å². The number of benzene rings is 1. The summed E-state index contributed by atoms with van der Waals surface area (Å²) in [6.07, 6.45) is 0.0794. The van der Waals surface area contributed by atoms with Crippen molar-refractivity contribution in [2.24, 2.45) is 15.1 Å². The third kappa shape index (κ3) is 11.2. The Balaban J connectivity index is 0. The van der Waals surface area contributed by atoms with Crippen molar-refractivity contribution in [1.29, 1.82) is 0 Å². The summed E-state index contributed by atoms with van der Waals surface area (Å²) in [4.78, 5) is 8.51. The molecule has 0 spiro atoms. The van der Waals surface area contributed by atoms with Crippen LogP contribution in [0.4, 0.5) is 18.9 Å². The predicted octanol–water partition coefficient (Wildman–Crippen LogP) is 5.38. The van der Waals surface area contributed by atoms with Crippen LogP contribution in [0.25, 0.3) is 0 Å². The van der Waals surface area contributed by atoms with E-state index in [-0.39, 0.29) is 17.3 Å². The zero-order valence-corrected chi connectivity index (χ0v) is 20.5. The molecule has 1 aromatic carbocycles. The lowest BCUT2D eigenvalue weighted by atomic mass is 10.2. The fourth-order valence-electron chi connectivity index (χ4n) is 2.18. The van der Waals surface area contributed by atoms with Gasteiger partial charge in [-0.15, -0.1) is 0 Å². The van der Waals surface area contributed by atoms with E-state index in [1.165, 1.54) is 35.6 Å². The number of primary sulfonamides is 1. The summed E-state index contributed by atoms with van der Waals surface area (Å²) in [6, 6.07) is 3.41. The molecular formula is C22H35F3N4O2S. The number of sulfonamides is 1. The summed E-state index contributed by atoms with van der Waals surface area (Å²) < 4.78 is 60.9. The molecule has 32 heavy (non-hydrogen) atoms. The van der Waals surface area contributed by atoms with Gasteiger partial charge in [0.2, 0.25) is 10.0 Å². The molecule has 0 radical (unpaired) electrons. The smallest absolute Gasteiger partial charge is 0.324 e. The first-order valence-corrected chi connectivity index (χ1v) is 11.6. The molecule has 0 bridgehead atoms. The number of anilines is 1. The number of nitrogens with two attached hydrogens (primary N) is 1. The first-order valence-electron chi connectivity index (χ1n) is 10.1. The van der Waals surface area contributed by atoms with Gasteiger partial charge >= 0.3 is 6.18 Å². The van der Waals surface area contributed by atoms with Crippen LogP contribution in [0.1, 0.15) is 41.0 Å². The first-order chi connectivity index (χ1) is 14.8. The van der Waals surface area contributed by atoms with Gasteiger partial charge in [0.15, 0.2) is 6.04 Å². The molecule has 2 N–H and O–H groups in total. The highest BCUT2D eigenvalue weighted by atomic mass is 32.2. The highest BCUT2D eigenvalue weighted by Crippen LogP contribution is 2.32. The summed E-state index contributed by atoms with van der Waals surface area (Å²) in [5.41, 5.74) is 0.781. The number of hydrogen-bond acceptors (Lipinski definition) is 5. The number of halogens is 3. The van der Waals surface area contributed by atoms with Gasteiger partial charge in [0, 0.05) is 18.9 Å². The normalized spacial score (nSPS) is 15.4. The van der Waals surface area contributed by atoms with E-state index in [0.717, 1.165) is 0 Å². The van der Waals surface area contributed by atoms with Crippen molar-refractivity contribution in [2.75, 3.05) is 18.5 Å². The van der Waals surface area contributed by atoms with Gasteiger partial charge < -0.3 is 4.90 Å². The Kier molecular flexibility index (Phi) is 15.2. The Morgan fingerprint density at radius 2 is 1.75 bits per heavy atom. The molecular weight excluding hydrogens is 441 g/mol. The number of alkyl halides is 3. The van der Waals surface area contributed by atoms with Crippen molar-refractivity contribution in [2.45, 2.75) is 58.2 Å². The molecule has 2 rings (SSSR count). The summed E-state index contributed by atoms with van der Waals surface area (Å²) in [6.45, 7) is 16.5. The lowest BCUT2D eigenvalue weighted by Crippen LogP contribution is -2.35. The topological polar surface area (TPSA) is 88.1 Å². The number of amidine groups is 1. The molecule has 6 nitrogen and oxygen atoms in total. The summed E-state index contributed by atoms with van der Waals surface area (Å²) in [7, 11) is -2.14. The van der Waals surface area contributed by atoms with E-state index >= 15 is 0 Å². The van der Waals surface area contributed by atoms with E-state index in [1.54, 1.807) is 26.3 Å². The number of aliphatic imine (C=N–C) groups is 2. The second-order valence-electron chi connectivity index (χ2n) is 6.29. The van der Waals surface area contributed by atoms with Crippen LogP contribution in [-0.2, 0) is 10.0 Å². The number of rotatable bonds is 4. The second kappa shape index (κ2) is 15.4. The number of allylic oxidation sites excluding steroid dienone is 1. The van der Waals surface area contributed by atoms with Crippen molar-refractivity contribution in [3.8, 4) is 0 Å². The average molecular weight is 477 g/mol. The summed E-state index contributed by atoms with van der Waals surface area (Å²) >= 11 is 0. The molecule has 0 saturated carbocycles. The average Bonchev–Trinajstić information content (AvgIpc) is 3.17. The van der Waals surface area contributed by atoms with Crippen LogP contribution in [0.5, 0.6) is 0 Å². The Morgan fingerprint density at radius 1 is 1.28 bits per heavy atom. The van der Waals surface area contributed by atoms with E-state index in [4.69, 9.17) is 5.14 Å². The standard InChI is InChI=1S/C13H14F3N3O2S.C4H7N.C3H8.C2H6/c1-8(2)12-18-11(13(14,15)16)7-19(12)9-3-5-10(6-4-9)22(17,20)21;1-3-4-5-2;1-3-2;1-2/h3-6,11H,1,7H2,2H3,(H2,17,20,21);3-4H,1H2,2H3;3H2,1-2H3;1-2H3. The molecule has 0 saturated heterocycles. The molecule has 182 valence electrons. The fourth-order valence-corrected chi connectivity index (χ4v) is 2.70. The zero-order valence-electron chi connectivity index (χ0n) is 19.6. The maximum Gasteiger partial charge on any atom is 0.412 e. The van der Waals surface area contributed by atoms with E-state index < -0.39 is 22.2 Å². The van der Waals surface area contributed by atoms with E-state index in [9.17, 15) is 21.6 Å². The second-order valence-corrected chi connectivity index (χ2v) is 7.85. The van der Waals surface area contributed by atoms with E-state index in [0.29, 0.717) is 11.3 Å². The van der Waals surface area contributed by atoms with Gasteiger partial charge in [-0.3, -0.25) is 9.98 Å². The van der Waals surface area contributed by atoms with Crippen LogP contribution < -0.4 is 10.0 Å². The largest absolute Gasteiger partial charge is 0.412 e. The van der Waals surface area contributed by atoms with Gasteiger partial charge in [0.25, 0.3) is 0 Å². The Hall–Kier alpha value is -2.46. The van der Waals surface area contributed by atoms with Crippen LogP contribution >= 0.6 is 0 Å². The molecule has 0 fully saturated rings. The van der Waals surface area contributed by atoms with Crippen LogP contribution in [0.15, 0.2) is 64.0 Å². The zero-order chi connectivity index (χ0) is 25.5. The minimum Gasteiger partial charge on any atom is -0.324 e.